The molecule has 1 aromatic heterocycles. The highest BCUT2D eigenvalue weighted by Gasteiger charge is 2.38. The molecule has 0 aliphatic carbocycles. The molecule has 0 bridgehead atoms. The Morgan fingerprint density at radius 2 is 2.11 bits per heavy atom. The van der Waals surface area contributed by atoms with Gasteiger partial charge in [-0.2, -0.15) is 0 Å². The van der Waals surface area contributed by atoms with Crippen LogP contribution in [0.25, 0.3) is 6.08 Å². The van der Waals surface area contributed by atoms with E-state index in [9.17, 15) is 0 Å². The van der Waals surface area contributed by atoms with Gasteiger partial charge < -0.3 is 10.1 Å². The molecule has 0 saturated heterocycles. The lowest BCUT2D eigenvalue weighted by atomic mass is 10.0. The summed E-state index contributed by atoms with van der Waals surface area (Å²) in [6, 6.07) is 12.2. The van der Waals surface area contributed by atoms with Crippen LogP contribution in [-0.2, 0) is 6.42 Å². The number of ether oxygens (including phenoxy) is 1. The third-order valence-corrected chi connectivity index (χ3v) is 3.42. The van der Waals surface area contributed by atoms with E-state index in [2.05, 4.69) is 34.6 Å². The van der Waals surface area contributed by atoms with Crippen molar-refractivity contribution < 1.29 is 4.74 Å². The Labute approximate surface area is 105 Å². The molecule has 2 aromatic rings. The number of nitrogens with zero attached hydrogens (tertiary/aromatic N) is 1. The molecular weight excluding hydrogens is 224 g/mol. The molecule has 88 valence electrons. The van der Waals surface area contributed by atoms with Crippen LogP contribution in [0.5, 0.6) is 5.75 Å². The summed E-state index contributed by atoms with van der Waals surface area (Å²) >= 11 is 0. The van der Waals surface area contributed by atoms with Gasteiger partial charge in [-0.1, -0.05) is 18.2 Å². The SMILES string of the molecule is C1=CC2(Cc3ccccc3N2)Oc2cccnc21. The Bertz CT molecular complexity index is 623. The first-order valence-corrected chi connectivity index (χ1v) is 6.04. The summed E-state index contributed by atoms with van der Waals surface area (Å²) in [6.07, 6.45) is 6.70. The maximum Gasteiger partial charge on any atom is 0.204 e. The zero-order valence-corrected chi connectivity index (χ0v) is 9.76. The van der Waals surface area contributed by atoms with Gasteiger partial charge in [-0.05, 0) is 35.9 Å². The highest BCUT2D eigenvalue weighted by molar-refractivity contribution is 5.65. The number of hydrogen-bond acceptors (Lipinski definition) is 3. The van der Waals surface area contributed by atoms with Crippen LogP contribution in [0, 0.1) is 0 Å². The van der Waals surface area contributed by atoms with Crippen molar-refractivity contribution in [2.24, 2.45) is 0 Å². The molecule has 3 heteroatoms. The van der Waals surface area contributed by atoms with Crippen LogP contribution < -0.4 is 10.1 Å². The van der Waals surface area contributed by atoms with Crippen molar-refractivity contribution in [1.29, 1.82) is 0 Å². The Morgan fingerprint density at radius 1 is 1.17 bits per heavy atom. The van der Waals surface area contributed by atoms with Gasteiger partial charge in [-0.15, -0.1) is 0 Å². The van der Waals surface area contributed by atoms with Crippen molar-refractivity contribution in [3.05, 3.63) is 59.9 Å². The molecule has 1 aromatic carbocycles. The first kappa shape index (κ1) is 9.71. The molecule has 2 aliphatic heterocycles. The van der Waals surface area contributed by atoms with Gasteiger partial charge in [0, 0.05) is 18.3 Å². The number of nitrogens with one attached hydrogen (secondary N) is 1. The topological polar surface area (TPSA) is 34.1 Å². The Kier molecular flexibility index (Phi) is 1.81. The summed E-state index contributed by atoms with van der Waals surface area (Å²) in [5, 5.41) is 3.45. The molecule has 1 unspecified atom stereocenters. The van der Waals surface area contributed by atoms with Crippen LogP contribution >= 0.6 is 0 Å². The molecule has 0 amide bonds. The minimum absolute atomic E-state index is 0.445. The van der Waals surface area contributed by atoms with E-state index in [0.717, 1.165) is 23.6 Å². The largest absolute Gasteiger partial charge is 0.462 e. The van der Waals surface area contributed by atoms with Gasteiger partial charge in [0.05, 0.1) is 0 Å². The van der Waals surface area contributed by atoms with Gasteiger partial charge in [-0.3, -0.25) is 4.98 Å². The predicted molar refractivity (Wildman–Crippen MR) is 70.4 cm³/mol. The molecule has 18 heavy (non-hydrogen) atoms. The highest BCUT2D eigenvalue weighted by atomic mass is 16.5. The van der Waals surface area contributed by atoms with Crippen molar-refractivity contribution >= 4 is 11.8 Å². The number of pyridine rings is 1. The van der Waals surface area contributed by atoms with E-state index in [1.807, 2.05) is 24.3 Å². The Hall–Kier alpha value is -2.29. The number of fused-ring (bicyclic) bond motifs is 2. The van der Waals surface area contributed by atoms with Crippen LogP contribution in [0.1, 0.15) is 11.3 Å². The number of anilines is 1. The molecule has 0 fully saturated rings. The third kappa shape index (κ3) is 1.34. The molecule has 1 spiro atoms. The Morgan fingerprint density at radius 3 is 3.06 bits per heavy atom. The lowest BCUT2D eigenvalue weighted by molar-refractivity contribution is 0.154. The molecule has 0 saturated carbocycles. The minimum atomic E-state index is -0.445. The quantitative estimate of drug-likeness (QED) is 0.763. The molecule has 2 aliphatic rings. The fraction of sp³-hybridized carbons (Fsp3) is 0.133. The van der Waals surface area contributed by atoms with Gasteiger partial charge in [0.2, 0.25) is 5.72 Å². The van der Waals surface area contributed by atoms with Crippen LogP contribution in [0.15, 0.2) is 48.7 Å². The zero-order valence-electron chi connectivity index (χ0n) is 9.76. The van der Waals surface area contributed by atoms with E-state index in [0.29, 0.717) is 0 Å². The number of rotatable bonds is 0. The second-order valence-corrected chi connectivity index (χ2v) is 4.67. The first-order chi connectivity index (χ1) is 8.85. The average molecular weight is 236 g/mol. The normalized spacial score (nSPS) is 23.1. The maximum atomic E-state index is 6.10. The number of aromatic nitrogens is 1. The molecule has 4 rings (SSSR count). The summed E-state index contributed by atoms with van der Waals surface area (Å²) in [6.45, 7) is 0. The van der Waals surface area contributed by atoms with E-state index in [4.69, 9.17) is 4.74 Å². The van der Waals surface area contributed by atoms with Gasteiger partial charge in [0.25, 0.3) is 0 Å². The second kappa shape index (κ2) is 3.35. The molecule has 3 heterocycles. The van der Waals surface area contributed by atoms with Crippen LogP contribution in [-0.4, -0.2) is 10.7 Å². The molecule has 1 atom stereocenters. The van der Waals surface area contributed by atoms with Gasteiger partial charge in [-0.25, -0.2) is 0 Å². The van der Waals surface area contributed by atoms with Crippen LogP contribution in [0.4, 0.5) is 5.69 Å². The summed E-state index contributed by atoms with van der Waals surface area (Å²) < 4.78 is 6.10. The van der Waals surface area contributed by atoms with E-state index in [-0.39, 0.29) is 0 Å². The van der Waals surface area contributed by atoms with Crippen molar-refractivity contribution in [2.75, 3.05) is 5.32 Å². The number of hydrogen-bond donors (Lipinski definition) is 1. The van der Waals surface area contributed by atoms with Crippen molar-refractivity contribution in [3.8, 4) is 5.75 Å². The second-order valence-electron chi connectivity index (χ2n) is 4.67. The summed E-state index contributed by atoms with van der Waals surface area (Å²) in [5.74, 6) is 0.834. The molecule has 0 radical (unpaired) electrons. The van der Waals surface area contributed by atoms with Gasteiger partial charge in [0.1, 0.15) is 11.4 Å². The minimum Gasteiger partial charge on any atom is -0.462 e. The lowest BCUT2D eigenvalue weighted by Crippen LogP contribution is -2.42. The van der Waals surface area contributed by atoms with Crippen molar-refractivity contribution in [2.45, 2.75) is 12.1 Å². The highest BCUT2D eigenvalue weighted by Crippen LogP contribution is 2.38. The molecule has 1 N–H and O–H groups in total. The zero-order chi connectivity index (χ0) is 12.0. The van der Waals surface area contributed by atoms with Crippen LogP contribution in [0.3, 0.4) is 0 Å². The van der Waals surface area contributed by atoms with Crippen molar-refractivity contribution in [3.63, 3.8) is 0 Å². The Balaban J connectivity index is 1.74. The number of para-hydroxylation sites is 1. The third-order valence-electron chi connectivity index (χ3n) is 3.42. The van der Waals surface area contributed by atoms with Crippen LogP contribution in [0.2, 0.25) is 0 Å². The maximum absolute atomic E-state index is 6.10. The summed E-state index contributed by atoms with van der Waals surface area (Å²) in [5.41, 5.74) is 2.88. The summed E-state index contributed by atoms with van der Waals surface area (Å²) in [4.78, 5) is 4.28. The van der Waals surface area contributed by atoms with E-state index >= 15 is 0 Å². The first-order valence-electron chi connectivity index (χ1n) is 6.04. The predicted octanol–water partition coefficient (Wildman–Crippen LogP) is 2.85. The monoisotopic (exact) mass is 236 g/mol. The lowest BCUT2D eigenvalue weighted by Gasteiger charge is -2.31. The smallest absolute Gasteiger partial charge is 0.204 e. The van der Waals surface area contributed by atoms with Crippen molar-refractivity contribution in [1.82, 2.24) is 4.98 Å². The average Bonchev–Trinajstić information content (AvgIpc) is 2.76. The molecular formula is C15H12N2O. The van der Waals surface area contributed by atoms with E-state index < -0.39 is 5.72 Å². The van der Waals surface area contributed by atoms with E-state index in [1.54, 1.807) is 6.20 Å². The van der Waals surface area contributed by atoms with Gasteiger partial charge in [0.15, 0.2) is 0 Å². The van der Waals surface area contributed by atoms with Gasteiger partial charge >= 0.3 is 0 Å². The van der Waals surface area contributed by atoms with E-state index in [1.165, 1.54) is 5.56 Å². The number of benzene rings is 1. The summed E-state index contributed by atoms with van der Waals surface area (Å²) in [7, 11) is 0. The standard InChI is InChI=1S/C15H12N2O/c1-2-5-12-11(4-1)10-15(17-12)8-7-13-14(18-15)6-3-9-16-13/h1-9,17H,10H2. The fourth-order valence-corrected chi connectivity index (χ4v) is 2.57. The fourth-order valence-electron chi connectivity index (χ4n) is 2.57. The molecule has 3 nitrogen and oxygen atoms in total.